The lowest BCUT2D eigenvalue weighted by molar-refractivity contribution is -0.120. The molecule has 0 aromatic carbocycles. The number of carbonyl (C=O) groups excluding carboxylic acids is 1. The lowest BCUT2D eigenvalue weighted by atomic mass is 10.3. The third kappa shape index (κ3) is 3.53. The first-order valence-electron chi connectivity index (χ1n) is 4.37. The van der Waals surface area contributed by atoms with Crippen LogP contribution in [0.15, 0.2) is 12.7 Å². The Bertz CT molecular complexity index is 175. The van der Waals surface area contributed by atoms with Crippen LogP contribution in [0.1, 0.15) is 19.8 Å². The molecule has 3 nitrogen and oxygen atoms in total. The Kier molecular flexibility index (Phi) is 3.29. The molecule has 1 fully saturated rings. The van der Waals surface area contributed by atoms with Gasteiger partial charge in [0, 0.05) is 12.1 Å². The lowest BCUT2D eigenvalue weighted by Gasteiger charge is -2.09. The molecule has 0 aromatic rings. The summed E-state index contributed by atoms with van der Waals surface area (Å²) in [5.74, 6) is 0.0503. The fourth-order valence-corrected chi connectivity index (χ4v) is 0.888. The molecule has 0 aromatic heterocycles. The van der Waals surface area contributed by atoms with Crippen molar-refractivity contribution in [3.63, 3.8) is 0 Å². The molecular weight excluding hydrogens is 152 g/mol. The molecule has 1 amide bonds. The fraction of sp³-hybridized carbons (Fsp3) is 0.667. The molecule has 0 bridgehead atoms. The third-order valence-corrected chi connectivity index (χ3v) is 1.87. The zero-order valence-corrected chi connectivity index (χ0v) is 7.47. The molecular formula is C9H16N2O. The minimum absolute atomic E-state index is 0.0503. The second-order valence-corrected chi connectivity index (χ2v) is 3.25. The monoisotopic (exact) mass is 168 g/mol. The highest BCUT2D eigenvalue weighted by atomic mass is 16.1. The van der Waals surface area contributed by atoms with Gasteiger partial charge in [0.05, 0.1) is 6.54 Å². The number of rotatable bonds is 5. The lowest BCUT2D eigenvalue weighted by Crippen LogP contribution is -2.38. The quantitative estimate of drug-likeness (QED) is 0.584. The van der Waals surface area contributed by atoms with Gasteiger partial charge in [0.1, 0.15) is 0 Å². The first-order chi connectivity index (χ1) is 5.72. The van der Waals surface area contributed by atoms with E-state index in [1.54, 1.807) is 6.08 Å². The Hall–Kier alpha value is -0.830. The second kappa shape index (κ2) is 4.26. The zero-order chi connectivity index (χ0) is 8.97. The van der Waals surface area contributed by atoms with Crippen molar-refractivity contribution in [2.24, 2.45) is 0 Å². The second-order valence-electron chi connectivity index (χ2n) is 3.25. The number of hydrogen-bond donors (Lipinski definition) is 2. The van der Waals surface area contributed by atoms with Crippen LogP contribution < -0.4 is 10.6 Å². The molecule has 0 saturated heterocycles. The van der Waals surface area contributed by atoms with Crippen LogP contribution in [-0.4, -0.2) is 24.5 Å². The number of nitrogens with one attached hydrogen (secondary N) is 2. The smallest absolute Gasteiger partial charge is 0.234 e. The van der Waals surface area contributed by atoms with Crippen molar-refractivity contribution in [1.82, 2.24) is 10.6 Å². The molecule has 1 aliphatic rings. The normalized spacial score (nSPS) is 18.4. The van der Waals surface area contributed by atoms with Crippen LogP contribution in [0.3, 0.4) is 0 Å². The Balaban J connectivity index is 2.05. The SMILES string of the molecule is C=CC(C)NC(=O)CNC1CC1. The van der Waals surface area contributed by atoms with Crippen molar-refractivity contribution in [3.05, 3.63) is 12.7 Å². The Labute approximate surface area is 73.2 Å². The van der Waals surface area contributed by atoms with Gasteiger partial charge in [-0.1, -0.05) is 6.08 Å². The molecule has 0 spiro atoms. The van der Waals surface area contributed by atoms with Crippen LogP contribution in [0.25, 0.3) is 0 Å². The van der Waals surface area contributed by atoms with Crippen LogP contribution >= 0.6 is 0 Å². The standard InChI is InChI=1S/C9H16N2O/c1-3-7(2)11-9(12)6-10-8-4-5-8/h3,7-8,10H,1,4-6H2,2H3,(H,11,12). The Morgan fingerprint density at radius 2 is 2.42 bits per heavy atom. The molecule has 0 radical (unpaired) electrons. The number of amides is 1. The highest BCUT2D eigenvalue weighted by Gasteiger charge is 2.21. The summed E-state index contributed by atoms with van der Waals surface area (Å²) in [6.45, 7) is 5.92. The number of carbonyl (C=O) groups is 1. The van der Waals surface area contributed by atoms with E-state index in [0.717, 1.165) is 0 Å². The van der Waals surface area contributed by atoms with E-state index in [1.165, 1.54) is 12.8 Å². The Morgan fingerprint density at radius 3 is 2.92 bits per heavy atom. The van der Waals surface area contributed by atoms with Crippen LogP contribution in [0, 0.1) is 0 Å². The maximum atomic E-state index is 11.1. The molecule has 3 heteroatoms. The van der Waals surface area contributed by atoms with Crippen molar-refractivity contribution in [2.75, 3.05) is 6.54 Å². The van der Waals surface area contributed by atoms with E-state index in [0.29, 0.717) is 12.6 Å². The Morgan fingerprint density at radius 1 is 1.75 bits per heavy atom. The molecule has 68 valence electrons. The molecule has 1 unspecified atom stereocenters. The average Bonchev–Trinajstić information content (AvgIpc) is 2.83. The van der Waals surface area contributed by atoms with Crippen LogP contribution in [0.4, 0.5) is 0 Å². The van der Waals surface area contributed by atoms with Gasteiger partial charge in [-0.25, -0.2) is 0 Å². The minimum atomic E-state index is 0.0503. The zero-order valence-electron chi connectivity index (χ0n) is 7.47. The summed E-state index contributed by atoms with van der Waals surface area (Å²) < 4.78 is 0. The summed E-state index contributed by atoms with van der Waals surface area (Å²) in [4.78, 5) is 11.1. The highest BCUT2D eigenvalue weighted by Crippen LogP contribution is 2.17. The average molecular weight is 168 g/mol. The van der Waals surface area contributed by atoms with E-state index in [9.17, 15) is 4.79 Å². The summed E-state index contributed by atoms with van der Waals surface area (Å²) in [6, 6.07) is 0.660. The van der Waals surface area contributed by atoms with E-state index in [2.05, 4.69) is 17.2 Å². The predicted octanol–water partition coefficient (Wildman–Crippen LogP) is 0.429. The maximum Gasteiger partial charge on any atom is 0.234 e. The summed E-state index contributed by atoms with van der Waals surface area (Å²) in [5.41, 5.74) is 0. The van der Waals surface area contributed by atoms with E-state index in [4.69, 9.17) is 0 Å². The minimum Gasteiger partial charge on any atom is -0.349 e. The van der Waals surface area contributed by atoms with Gasteiger partial charge in [-0.2, -0.15) is 0 Å². The van der Waals surface area contributed by atoms with Crippen LogP contribution in [-0.2, 0) is 4.79 Å². The summed E-state index contributed by atoms with van der Waals surface area (Å²) in [6.07, 6.45) is 4.14. The topological polar surface area (TPSA) is 41.1 Å². The third-order valence-electron chi connectivity index (χ3n) is 1.87. The predicted molar refractivity (Wildman–Crippen MR) is 48.8 cm³/mol. The van der Waals surface area contributed by atoms with Gasteiger partial charge >= 0.3 is 0 Å². The van der Waals surface area contributed by atoms with Gasteiger partial charge in [-0.15, -0.1) is 6.58 Å². The van der Waals surface area contributed by atoms with Crippen molar-refractivity contribution in [1.29, 1.82) is 0 Å². The van der Waals surface area contributed by atoms with Gasteiger partial charge < -0.3 is 10.6 Å². The van der Waals surface area contributed by atoms with Gasteiger partial charge in [0.15, 0.2) is 0 Å². The van der Waals surface area contributed by atoms with Crippen molar-refractivity contribution in [3.8, 4) is 0 Å². The van der Waals surface area contributed by atoms with E-state index < -0.39 is 0 Å². The molecule has 0 heterocycles. The molecule has 1 rings (SSSR count). The first-order valence-corrected chi connectivity index (χ1v) is 4.37. The summed E-state index contributed by atoms with van der Waals surface area (Å²) in [7, 11) is 0. The van der Waals surface area contributed by atoms with E-state index in [-0.39, 0.29) is 11.9 Å². The van der Waals surface area contributed by atoms with Gasteiger partial charge in [0.25, 0.3) is 0 Å². The van der Waals surface area contributed by atoms with Crippen molar-refractivity contribution >= 4 is 5.91 Å². The van der Waals surface area contributed by atoms with Gasteiger partial charge in [-0.05, 0) is 19.8 Å². The van der Waals surface area contributed by atoms with E-state index >= 15 is 0 Å². The summed E-state index contributed by atoms with van der Waals surface area (Å²) >= 11 is 0. The van der Waals surface area contributed by atoms with Crippen LogP contribution in [0.2, 0.25) is 0 Å². The highest BCUT2D eigenvalue weighted by molar-refractivity contribution is 5.78. The molecule has 1 aliphatic carbocycles. The fourth-order valence-electron chi connectivity index (χ4n) is 0.888. The van der Waals surface area contributed by atoms with Gasteiger partial charge in [-0.3, -0.25) is 4.79 Å². The summed E-state index contributed by atoms with van der Waals surface area (Å²) in [5, 5.41) is 5.93. The maximum absolute atomic E-state index is 11.1. The molecule has 0 aliphatic heterocycles. The molecule has 2 N–H and O–H groups in total. The number of hydrogen-bond acceptors (Lipinski definition) is 2. The largest absolute Gasteiger partial charge is 0.349 e. The van der Waals surface area contributed by atoms with E-state index in [1.807, 2.05) is 6.92 Å². The van der Waals surface area contributed by atoms with Crippen LogP contribution in [0.5, 0.6) is 0 Å². The van der Waals surface area contributed by atoms with Crippen molar-refractivity contribution in [2.45, 2.75) is 31.8 Å². The molecule has 1 saturated carbocycles. The molecule has 1 atom stereocenters. The first kappa shape index (κ1) is 9.26. The van der Waals surface area contributed by atoms with Gasteiger partial charge in [0.2, 0.25) is 5.91 Å². The molecule has 12 heavy (non-hydrogen) atoms. The van der Waals surface area contributed by atoms with Crippen molar-refractivity contribution < 1.29 is 4.79 Å².